The number of hydrogen-bond donors (Lipinski definition) is 1. The molecule has 0 amide bonds. The fourth-order valence-corrected chi connectivity index (χ4v) is 5.23. The highest BCUT2D eigenvalue weighted by molar-refractivity contribution is 7.07. The first-order valence-electron chi connectivity index (χ1n) is 11.1. The van der Waals surface area contributed by atoms with Gasteiger partial charge in [0.25, 0.3) is 5.56 Å². The summed E-state index contributed by atoms with van der Waals surface area (Å²) in [7, 11) is 3.90. The Labute approximate surface area is 211 Å². The number of halogens is 1. The lowest BCUT2D eigenvalue weighted by Gasteiger charge is -2.25. The molecular formula is C26H26ClN3O4S. The van der Waals surface area contributed by atoms with Crippen LogP contribution < -0.4 is 19.8 Å². The molecule has 1 aliphatic heterocycles. The van der Waals surface area contributed by atoms with Crippen LogP contribution in [0.5, 0.6) is 5.75 Å². The van der Waals surface area contributed by atoms with Gasteiger partial charge in [0, 0.05) is 24.8 Å². The smallest absolute Gasteiger partial charge is 0.338 e. The van der Waals surface area contributed by atoms with Crippen LogP contribution in [0, 0.1) is 0 Å². The Morgan fingerprint density at radius 2 is 1.97 bits per heavy atom. The Bertz CT molecular complexity index is 1490. The van der Waals surface area contributed by atoms with Crippen LogP contribution in [0.25, 0.3) is 6.08 Å². The monoisotopic (exact) mass is 511 g/mol. The molecule has 182 valence electrons. The fraction of sp³-hybridized carbons (Fsp3) is 0.269. The number of carbonyl (C=O) groups is 1. The van der Waals surface area contributed by atoms with Crippen LogP contribution in [-0.2, 0) is 16.0 Å². The van der Waals surface area contributed by atoms with Crippen molar-refractivity contribution in [2.75, 3.05) is 25.6 Å². The molecule has 0 spiro atoms. The first-order chi connectivity index (χ1) is 16.7. The third-order valence-corrected chi connectivity index (χ3v) is 7.06. The normalized spacial score (nSPS) is 15.6. The first-order valence-corrected chi connectivity index (χ1v) is 12.3. The van der Waals surface area contributed by atoms with Gasteiger partial charge in [-0.1, -0.05) is 41.1 Å². The molecule has 0 saturated heterocycles. The summed E-state index contributed by atoms with van der Waals surface area (Å²) < 4.78 is 7.35. The maximum absolute atomic E-state index is 13.6. The molecule has 2 aromatic carbocycles. The number of rotatable bonds is 6. The van der Waals surface area contributed by atoms with E-state index in [9.17, 15) is 14.7 Å². The molecule has 1 atom stereocenters. The number of anilines is 1. The van der Waals surface area contributed by atoms with Gasteiger partial charge in [0.15, 0.2) is 4.80 Å². The van der Waals surface area contributed by atoms with Gasteiger partial charge in [-0.2, -0.15) is 0 Å². The van der Waals surface area contributed by atoms with Crippen LogP contribution in [-0.4, -0.2) is 36.3 Å². The van der Waals surface area contributed by atoms with Crippen molar-refractivity contribution in [2.24, 2.45) is 4.99 Å². The van der Waals surface area contributed by atoms with Crippen LogP contribution in [0.4, 0.5) is 5.69 Å². The number of aromatic hydroxyl groups is 1. The molecule has 4 rings (SSSR count). The lowest BCUT2D eigenvalue weighted by atomic mass is 9.95. The highest BCUT2D eigenvalue weighted by Crippen LogP contribution is 2.31. The van der Waals surface area contributed by atoms with Gasteiger partial charge in [0.05, 0.1) is 28.5 Å². The van der Waals surface area contributed by atoms with Crippen molar-refractivity contribution in [1.29, 1.82) is 0 Å². The van der Waals surface area contributed by atoms with Gasteiger partial charge in [0.2, 0.25) is 0 Å². The van der Waals surface area contributed by atoms with E-state index in [4.69, 9.17) is 16.3 Å². The van der Waals surface area contributed by atoms with Crippen LogP contribution in [0.15, 0.2) is 63.5 Å². The SMILES string of the molecule is CCOC(=O)C1=C(C)N=c2sc(=CCc3cc(Cl)ccc3O)c(=O)n2[C@@H]1c1ccc(N(C)C)cc1. The summed E-state index contributed by atoms with van der Waals surface area (Å²) >= 11 is 7.31. The van der Waals surface area contributed by atoms with E-state index in [1.807, 2.05) is 43.3 Å². The van der Waals surface area contributed by atoms with Crippen molar-refractivity contribution in [1.82, 2.24) is 4.57 Å². The van der Waals surface area contributed by atoms with Crippen molar-refractivity contribution in [3.63, 3.8) is 0 Å². The number of nitrogens with zero attached hydrogens (tertiary/aromatic N) is 3. The van der Waals surface area contributed by atoms with Gasteiger partial charge in [-0.25, -0.2) is 9.79 Å². The zero-order chi connectivity index (χ0) is 25.3. The number of phenolic OH excluding ortho intramolecular Hbond substituents is 1. The molecule has 1 aliphatic rings. The second-order valence-electron chi connectivity index (χ2n) is 8.33. The summed E-state index contributed by atoms with van der Waals surface area (Å²) in [5, 5.41) is 10.6. The lowest BCUT2D eigenvalue weighted by molar-refractivity contribution is -0.139. The Hall–Kier alpha value is -3.36. The second-order valence-corrected chi connectivity index (χ2v) is 9.77. The topological polar surface area (TPSA) is 84.1 Å². The maximum atomic E-state index is 13.6. The number of benzene rings is 2. The maximum Gasteiger partial charge on any atom is 0.338 e. The Morgan fingerprint density at radius 1 is 1.26 bits per heavy atom. The summed E-state index contributed by atoms with van der Waals surface area (Å²) in [6.07, 6.45) is 2.08. The first kappa shape index (κ1) is 24.8. The second kappa shape index (κ2) is 10.1. The van der Waals surface area contributed by atoms with Gasteiger partial charge in [-0.05, 0) is 61.7 Å². The Kier molecular flexibility index (Phi) is 7.14. The number of ether oxygens (including phenoxy) is 1. The summed E-state index contributed by atoms with van der Waals surface area (Å²) in [6.45, 7) is 3.72. The van der Waals surface area contributed by atoms with Crippen molar-refractivity contribution in [3.05, 3.63) is 89.6 Å². The summed E-state index contributed by atoms with van der Waals surface area (Å²) in [4.78, 5) is 33.6. The Balaban J connectivity index is 1.86. The van der Waals surface area contributed by atoms with Crippen molar-refractivity contribution in [2.45, 2.75) is 26.3 Å². The van der Waals surface area contributed by atoms with E-state index in [1.54, 1.807) is 36.6 Å². The molecule has 1 N–H and O–H groups in total. The highest BCUT2D eigenvalue weighted by Gasteiger charge is 2.33. The summed E-state index contributed by atoms with van der Waals surface area (Å²) in [5.41, 5.74) is 3.00. The number of thiazole rings is 1. The number of phenols is 1. The van der Waals surface area contributed by atoms with Crippen LogP contribution in [0.1, 0.15) is 31.0 Å². The molecule has 7 nitrogen and oxygen atoms in total. The van der Waals surface area contributed by atoms with E-state index in [-0.39, 0.29) is 17.9 Å². The van der Waals surface area contributed by atoms with Crippen LogP contribution in [0.2, 0.25) is 5.02 Å². The van der Waals surface area contributed by atoms with E-state index in [2.05, 4.69) is 4.99 Å². The third-order valence-electron chi connectivity index (χ3n) is 5.79. The molecular weight excluding hydrogens is 486 g/mol. The molecule has 0 fully saturated rings. The average molecular weight is 512 g/mol. The van der Waals surface area contributed by atoms with Crippen molar-refractivity contribution < 1.29 is 14.6 Å². The predicted octanol–water partition coefficient (Wildman–Crippen LogP) is 3.42. The van der Waals surface area contributed by atoms with Crippen LogP contribution >= 0.6 is 22.9 Å². The molecule has 0 saturated carbocycles. The zero-order valence-electron chi connectivity index (χ0n) is 19.9. The van der Waals surface area contributed by atoms with Crippen molar-refractivity contribution >= 4 is 40.7 Å². The van der Waals surface area contributed by atoms with Crippen molar-refractivity contribution in [3.8, 4) is 5.75 Å². The quantitative estimate of drug-likeness (QED) is 0.513. The van der Waals surface area contributed by atoms with E-state index in [0.717, 1.165) is 11.3 Å². The molecule has 0 radical (unpaired) electrons. The van der Waals surface area contributed by atoms with Crippen LogP contribution in [0.3, 0.4) is 0 Å². The highest BCUT2D eigenvalue weighted by atomic mass is 35.5. The average Bonchev–Trinajstić information content (AvgIpc) is 3.13. The molecule has 0 aliphatic carbocycles. The molecule has 9 heteroatoms. The number of carbonyl (C=O) groups excluding carboxylic acids is 1. The van der Waals surface area contributed by atoms with Gasteiger partial charge < -0.3 is 14.7 Å². The molecule has 35 heavy (non-hydrogen) atoms. The molecule has 0 bridgehead atoms. The predicted molar refractivity (Wildman–Crippen MR) is 139 cm³/mol. The minimum Gasteiger partial charge on any atom is -0.508 e. The molecule has 3 aromatic rings. The number of fused-ring (bicyclic) bond motifs is 1. The van der Waals surface area contributed by atoms with E-state index >= 15 is 0 Å². The Morgan fingerprint density at radius 3 is 2.63 bits per heavy atom. The minimum absolute atomic E-state index is 0.109. The van der Waals surface area contributed by atoms with E-state index in [1.165, 1.54) is 17.4 Å². The molecule has 2 heterocycles. The summed E-state index contributed by atoms with van der Waals surface area (Å²) in [5.74, 6) is -0.383. The standard InChI is InChI=1S/C26H26ClN3O4S/c1-5-34-25(33)22-15(2)28-26-30(23(22)16-6-10-19(11-7-16)29(3)4)24(32)21(35-26)13-8-17-14-18(27)9-12-20(17)31/h6-7,9-14,23,31H,5,8H2,1-4H3/t23-/m1/s1. The zero-order valence-corrected chi connectivity index (χ0v) is 21.5. The van der Waals surface area contributed by atoms with E-state index < -0.39 is 12.0 Å². The van der Waals surface area contributed by atoms with Gasteiger partial charge in [-0.3, -0.25) is 9.36 Å². The molecule has 0 unspecified atom stereocenters. The molecule has 1 aromatic heterocycles. The van der Waals surface area contributed by atoms with Gasteiger partial charge in [-0.15, -0.1) is 0 Å². The van der Waals surface area contributed by atoms with E-state index in [0.29, 0.717) is 37.6 Å². The minimum atomic E-state index is -0.664. The summed E-state index contributed by atoms with van der Waals surface area (Å²) in [6, 6.07) is 11.9. The number of aromatic nitrogens is 1. The largest absolute Gasteiger partial charge is 0.508 e. The third kappa shape index (κ3) is 4.90. The number of esters is 1. The lowest BCUT2D eigenvalue weighted by Crippen LogP contribution is -2.40. The van der Waals surface area contributed by atoms with Gasteiger partial charge in [0.1, 0.15) is 5.75 Å². The fourth-order valence-electron chi connectivity index (χ4n) is 4.02. The van der Waals surface area contributed by atoms with Gasteiger partial charge >= 0.3 is 5.97 Å². The number of allylic oxidation sites excluding steroid dienone is 1. The number of hydrogen-bond acceptors (Lipinski definition) is 7.